The SMILES string of the molecule is CCCC1NC(=O)N(Cc2cc(F)ccc2C#N)C1=O. The monoisotopic (exact) mass is 275 g/mol. The summed E-state index contributed by atoms with van der Waals surface area (Å²) in [5, 5.41) is 11.6. The molecule has 1 aromatic carbocycles. The van der Waals surface area contributed by atoms with Crippen LogP contribution in [0.1, 0.15) is 30.9 Å². The Balaban J connectivity index is 2.22. The van der Waals surface area contributed by atoms with Gasteiger partial charge in [-0.05, 0) is 30.2 Å². The molecule has 0 aromatic heterocycles. The number of imide groups is 1. The van der Waals surface area contributed by atoms with Crippen molar-refractivity contribution in [2.24, 2.45) is 0 Å². The zero-order chi connectivity index (χ0) is 14.7. The predicted molar refractivity (Wildman–Crippen MR) is 68.9 cm³/mol. The number of halogens is 1. The summed E-state index contributed by atoms with van der Waals surface area (Å²) in [5.74, 6) is -0.832. The Morgan fingerprint density at radius 1 is 1.45 bits per heavy atom. The van der Waals surface area contributed by atoms with Gasteiger partial charge in [-0.1, -0.05) is 13.3 Å². The van der Waals surface area contributed by atoms with Crippen LogP contribution in [0.4, 0.5) is 9.18 Å². The minimum absolute atomic E-state index is 0.0917. The largest absolute Gasteiger partial charge is 0.326 e. The van der Waals surface area contributed by atoms with Crippen LogP contribution in [0.5, 0.6) is 0 Å². The number of benzene rings is 1. The first-order chi connectivity index (χ1) is 9.56. The summed E-state index contributed by atoms with van der Waals surface area (Å²) in [7, 11) is 0. The highest BCUT2D eigenvalue weighted by atomic mass is 19.1. The Bertz CT molecular complexity index is 595. The molecule has 0 aliphatic carbocycles. The van der Waals surface area contributed by atoms with E-state index in [4.69, 9.17) is 5.26 Å². The summed E-state index contributed by atoms with van der Waals surface area (Å²) in [6, 6.07) is 4.59. The molecule has 0 spiro atoms. The van der Waals surface area contributed by atoms with E-state index in [0.717, 1.165) is 11.3 Å². The molecule has 1 atom stereocenters. The molecule has 20 heavy (non-hydrogen) atoms. The number of nitrogens with one attached hydrogen (secondary N) is 1. The van der Waals surface area contributed by atoms with Gasteiger partial charge in [-0.3, -0.25) is 9.69 Å². The Morgan fingerprint density at radius 3 is 2.85 bits per heavy atom. The van der Waals surface area contributed by atoms with Gasteiger partial charge in [0.05, 0.1) is 18.2 Å². The minimum Gasteiger partial charge on any atom is -0.326 e. The molecule has 6 heteroatoms. The fourth-order valence-electron chi connectivity index (χ4n) is 2.18. The lowest BCUT2D eigenvalue weighted by Crippen LogP contribution is -2.31. The molecule has 3 amide bonds. The molecule has 1 N–H and O–H groups in total. The molecule has 0 saturated carbocycles. The van der Waals surface area contributed by atoms with Gasteiger partial charge in [-0.15, -0.1) is 0 Å². The van der Waals surface area contributed by atoms with Crippen LogP contribution >= 0.6 is 0 Å². The summed E-state index contributed by atoms with van der Waals surface area (Å²) in [5.41, 5.74) is 0.582. The number of hydrogen-bond donors (Lipinski definition) is 1. The van der Waals surface area contributed by atoms with Crippen LogP contribution in [0.25, 0.3) is 0 Å². The summed E-state index contributed by atoms with van der Waals surface area (Å²) >= 11 is 0. The van der Waals surface area contributed by atoms with E-state index in [1.54, 1.807) is 0 Å². The second-order valence-corrected chi connectivity index (χ2v) is 4.63. The third-order valence-corrected chi connectivity index (χ3v) is 3.20. The number of nitriles is 1. The first kappa shape index (κ1) is 14.0. The van der Waals surface area contributed by atoms with E-state index in [0.29, 0.717) is 12.0 Å². The highest BCUT2D eigenvalue weighted by molar-refractivity contribution is 6.04. The van der Waals surface area contributed by atoms with Crippen molar-refractivity contribution in [1.29, 1.82) is 5.26 Å². The summed E-state index contributed by atoms with van der Waals surface area (Å²) < 4.78 is 13.2. The molecule has 1 aliphatic rings. The zero-order valence-electron chi connectivity index (χ0n) is 11.0. The second kappa shape index (κ2) is 5.70. The summed E-state index contributed by atoms with van der Waals surface area (Å²) in [6.07, 6.45) is 1.34. The first-order valence-electron chi connectivity index (χ1n) is 6.37. The van der Waals surface area contributed by atoms with Crippen LogP contribution in [0, 0.1) is 17.1 Å². The molecular formula is C14H14FN3O2. The number of carbonyl (C=O) groups is 2. The van der Waals surface area contributed by atoms with Crippen molar-refractivity contribution in [2.45, 2.75) is 32.4 Å². The van der Waals surface area contributed by atoms with Gasteiger partial charge >= 0.3 is 6.03 Å². The Kier molecular flexibility index (Phi) is 3.99. The number of hydrogen-bond acceptors (Lipinski definition) is 3. The van der Waals surface area contributed by atoms with Crippen LogP contribution in [0.2, 0.25) is 0 Å². The average molecular weight is 275 g/mol. The van der Waals surface area contributed by atoms with Crippen molar-refractivity contribution < 1.29 is 14.0 Å². The minimum atomic E-state index is -0.522. The standard InChI is InChI=1S/C14H14FN3O2/c1-2-3-12-13(19)18(14(20)17-12)8-10-6-11(15)5-4-9(10)7-16/h4-6,12H,2-3,8H2,1H3,(H,17,20). The van der Waals surface area contributed by atoms with E-state index in [1.165, 1.54) is 18.2 Å². The van der Waals surface area contributed by atoms with E-state index in [1.807, 2.05) is 13.0 Å². The van der Waals surface area contributed by atoms with E-state index >= 15 is 0 Å². The van der Waals surface area contributed by atoms with E-state index in [9.17, 15) is 14.0 Å². The summed E-state index contributed by atoms with van der Waals surface area (Å²) in [4.78, 5) is 24.9. The average Bonchev–Trinajstić information content (AvgIpc) is 2.67. The Labute approximate surface area is 116 Å². The molecule has 1 aromatic rings. The van der Waals surface area contributed by atoms with Gasteiger partial charge in [0.25, 0.3) is 5.91 Å². The molecule has 5 nitrogen and oxygen atoms in total. The fourth-order valence-corrected chi connectivity index (χ4v) is 2.18. The lowest BCUT2D eigenvalue weighted by atomic mass is 10.1. The highest BCUT2D eigenvalue weighted by Crippen LogP contribution is 2.18. The molecule has 1 saturated heterocycles. The molecule has 0 bridgehead atoms. The van der Waals surface area contributed by atoms with Crippen molar-refractivity contribution in [3.05, 3.63) is 35.1 Å². The maximum Gasteiger partial charge on any atom is 0.325 e. The van der Waals surface area contributed by atoms with Crippen LogP contribution in [-0.4, -0.2) is 22.9 Å². The Hall–Kier alpha value is -2.42. The molecule has 1 fully saturated rings. The second-order valence-electron chi connectivity index (χ2n) is 4.63. The van der Waals surface area contributed by atoms with E-state index < -0.39 is 17.9 Å². The maximum absolute atomic E-state index is 13.2. The smallest absolute Gasteiger partial charge is 0.325 e. The van der Waals surface area contributed by atoms with Crippen molar-refractivity contribution in [3.8, 4) is 6.07 Å². The maximum atomic E-state index is 13.2. The lowest BCUT2D eigenvalue weighted by Gasteiger charge is -2.14. The van der Waals surface area contributed by atoms with E-state index in [2.05, 4.69) is 5.32 Å². The van der Waals surface area contributed by atoms with Gasteiger partial charge < -0.3 is 5.32 Å². The highest BCUT2D eigenvalue weighted by Gasteiger charge is 2.37. The van der Waals surface area contributed by atoms with Crippen molar-refractivity contribution in [1.82, 2.24) is 10.2 Å². The molecule has 1 unspecified atom stereocenters. The molecule has 1 aliphatic heterocycles. The normalized spacial score (nSPS) is 18.1. The third kappa shape index (κ3) is 2.62. The number of carbonyl (C=O) groups excluding carboxylic acids is 2. The van der Waals surface area contributed by atoms with Crippen molar-refractivity contribution in [3.63, 3.8) is 0 Å². The quantitative estimate of drug-likeness (QED) is 0.853. The van der Waals surface area contributed by atoms with Gasteiger partial charge in [0, 0.05) is 0 Å². The van der Waals surface area contributed by atoms with Crippen LogP contribution in [0.15, 0.2) is 18.2 Å². The molecular weight excluding hydrogens is 261 g/mol. The van der Waals surface area contributed by atoms with Gasteiger partial charge in [0.1, 0.15) is 11.9 Å². The van der Waals surface area contributed by atoms with Crippen LogP contribution in [-0.2, 0) is 11.3 Å². The number of urea groups is 1. The Morgan fingerprint density at radius 2 is 2.20 bits per heavy atom. The predicted octanol–water partition coefficient (Wildman–Crippen LogP) is 1.92. The zero-order valence-corrected chi connectivity index (χ0v) is 11.0. The fraction of sp³-hybridized carbons (Fsp3) is 0.357. The van der Waals surface area contributed by atoms with Crippen LogP contribution in [0.3, 0.4) is 0 Å². The topological polar surface area (TPSA) is 73.2 Å². The number of nitrogens with zero attached hydrogens (tertiary/aromatic N) is 2. The molecule has 0 radical (unpaired) electrons. The molecule has 1 heterocycles. The molecule has 2 rings (SSSR count). The van der Waals surface area contributed by atoms with Crippen molar-refractivity contribution >= 4 is 11.9 Å². The summed E-state index contributed by atoms with van der Waals surface area (Å²) in [6.45, 7) is 1.83. The lowest BCUT2D eigenvalue weighted by molar-refractivity contribution is -0.128. The molecule has 104 valence electrons. The van der Waals surface area contributed by atoms with Crippen LogP contribution < -0.4 is 5.32 Å². The van der Waals surface area contributed by atoms with Gasteiger partial charge in [-0.2, -0.15) is 5.26 Å². The van der Waals surface area contributed by atoms with Gasteiger partial charge in [0.2, 0.25) is 0 Å². The number of amides is 3. The van der Waals surface area contributed by atoms with Crippen molar-refractivity contribution in [2.75, 3.05) is 0 Å². The van der Waals surface area contributed by atoms with Gasteiger partial charge in [0.15, 0.2) is 0 Å². The van der Waals surface area contributed by atoms with Gasteiger partial charge in [-0.25, -0.2) is 9.18 Å². The number of rotatable bonds is 4. The first-order valence-corrected chi connectivity index (χ1v) is 6.37. The van der Waals surface area contributed by atoms with E-state index in [-0.39, 0.29) is 18.0 Å². The third-order valence-electron chi connectivity index (χ3n) is 3.20.